The Bertz CT molecular complexity index is 1600. The molecule has 3 aromatic rings. The van der Waals surface area contributed by atoms with Crippen LogP contribution in [-0.4, -0.2) is 69.2 Å². The Hall–Kier alpha value is -4.44. The van der Waals surface area contributed by atoms with Crippen LogP contribution in [0.4, 0.5) is 10.5 Å². The molecule has 1 amide bonds. The summed E-state index contributed by atoms with van der Waals surface area (Å²) in [5.41, 5.74) is 14.0. The molecular formula is C40H53N5O6. The summed E-state index contributed by atoms with van der Waals surface area (Å²) in [5, 5.41) is 7.31. The maximum absolute atomic E-state index is 13.2. The number of hydrogen-bond donors (Lipinski definition) is 1. The summed E-state index contributed by atoms with van der Waals surface area (Å²) in [4.78, 5) is 17.9. The van der Waals surface area contributed by atoms with E-state index in [2.05, 4.69) is 45.7 Å². The summed E-state index contributed by atoms with van der Waals surface area (Å²) in [7, 11) is 1.67. The number of hydrogen-bond acceptors (Lipinski definition) is 8. The van der Waals surface area contributed by atoms with Crippen molar-refractivity contribution in [2.24, 2.45) is 5.11 Å². The minimum Gasteiger partial charge on any atom is -0.496 e. The summed E-state index contributed by atoms with van der Waals surface area (Å²) in [6, 6.07) is 22.6. The molecule has 0 saturated carbocycles. The van der Waals surface area contributed by atoms with Crippen LogP contribution < -0.4 is 14.8 Å². The van der Waals surface area contributed by atoms with Gasteiger partial charge >= 0.3 is 6.09 Å². The second kappa shape index (κ2) is 18.7. The molecule has 0 spiro atoms. The monoisotopic (exact) mass is 699 g/mol. The van der Waals surface area contributed by atoms with E-state index in [4.69, 9.17) is 29.2 Å². The number of likely N-dealkylation sites (tertiary alicyclic amines) is 1. The molecule has 2 heterocycles. The third kappa shape index (κ3) is 11.3. The minimum absolute atomic E-state index is 0.0523. The first kappa shape index (κ1) is 37.8. The molecule has 0 aromatic heterocycles. The van der Waals surface area contributed by atoms with Crippen LogP contribution in [-0.2, 0) is 27.2 Å². The highest BCUT2D eigenvalue weighted by Crippen LogP contribution is 2.38. The number of para-hydroxylation sites is 1. The Kier molecular flexibility index (Phi) is 13.9. The van der Waals surface area contributed by atoms with Crippen LogP contribution >= 0.6 is 0 Å². The van der Waals surface area contributed by atoms with Gasteiger partial charge in [0.2, 0.25) is 0 Å². The van der Waals surface area contributed by atoms with Crippen LogP contribution in [0, 0.1) is 0 Å². The van der Waals surface area contributed by atoms with Crippen LogP contribution in [0.25, 0.3) is 10.4 Å². The molecule has 0 bridgehead atoms. The van der Waals surface area contributed by atoms with Crippen LogP contribution in [0.1, 0.15) is 87.2 Å². The number of piperidine rings is 1. The predicted octanol–water partition coefficient (Wildman–Crippen LogP) is 8.98. The number of carbonyl (C=O) groups is 1. The van der Waals surface area contributed by atoms with Gasteiger partial charge in [0, 0.05) is 48.1 Å². The highest BCUT2D eigenvalue weighted by atomic mass is 16.6. The first-order valence-electron chi connectivity index (χ1n) is 18.2. The van der Waals surface area contributed by atoms with E-state index in [0.29, 0.717) is 52.3 Å². The molecule has 274 valence electrons. The van der Waals surface area contributed by atoms with Gasteiger partial charge in [-0.3, -0.25) is 0 Å². The number of methoxy groups -OCH3 is 1. The number of nitrogens with zero attached hydrogens (tertiary/aromatic N) is 4. The largest absolute Gasteiger partial charge is 0.496 e. The molecule has 1 N–H and O–H groups in total. The van der Waals surface area contributed by atoms with Gasteiger partial charge in [0.1, 0.15) is 17.1 Å². The van der Waals surface area contributed by atoms with Gasteiger partial charge in [0.05, 0.1) is 45.7 Å². The van der Waals surface area contributed by atoms with Crippen LogP contribution in [0.5, 0.6) is 11.5 Å². The molecular weight excluding hydrogens is 646 g/mol. The van der Waals surface area contributed by atoms with E-state index in [1.165, 1.54) is 5.56 Å². The van der Waals surface area contributed by atoms with E-state index in [-0.39, 0.29) is 24.2 Å². The zero-order chi connectivity index (χ0) is 36.1. The number of nitrogens with one attached hydrogen (secondary N) is 1. The van der Waals surface area contributed by atoms with E-state index in [0.717, 1.165) is 66.1 Å². The lowest BCUT2D eigenvalue weighted by molar-refractivity contribution is -0.0679. The van der Waals surface area contributed by atoms with Gasteiger partial charge in [-0.05, 0) is 99.4 Å². The fourth-order valence-electron chi connectivity index (χ4n) is 6.69. The second-order valence-corrected chi connectivity index (χ2v) is 14.2. The number of anilines is 1. The van der Waals surface area contributed by atoms with Gasteiger partial charge in [-0.1, -0.05) is 47.6 Å². The maximum atomic E-state index is 13.2. The molecule has 1 fully saturated rings. The second-order valence-electron chi connectivity index (χ2n) is 14.2. The molecule has 2 aliphatic heterocycles. The fourth-order valence-corrected chi connectivity index (χ4v) is 6.69. The standard InChI is InChI=1S/C40H53N5O6/c1-40(2,3)51-39(46)45-23-20-34(29-16-18-33(19-17-29)49-25-9-24-48-28-32-10-5-6-12-36(32)47-4)38(27-45)50-37(13-8-22-43-44-41)31-15-14-30-11-7-21-42-35(30)26-31/h5-6,10,12,14-19,26,34,37-38,42H,7-9,11,13,20-25,27-28H2,1-4H3/t34-,37?,38+/m1/s1. The number of carbonyl (C=O) groups excluding carboxylic acids is 1. The van der Waals surface area contributed by atoms with Gasteiger partial charge in [0.25, 0.3) is 0 Å². The lowest BCUT2D eigenvalue weighted by atomic mass is 9.86. The van der Waals surface area contributed by atoms with E-state index >= 15 is 0 Å². The number of benzene rings is 3. The fraction of sp³-hybridized carbons (Fsp3) is 0.525. The third-order valence-electron chi connectivity index (χ3n) is 9.24. The SMILES string of the molecule is COc1ccccc1COCCCOc1ccc([C@H]2CCN(C(=O)OC(C)(C)C)C[C@@H]2OC(CCCN=[N+]=[N-])c2ccc3c(c2)NCCC3)cc1. The Balaban J connectivity index is 1.26. The zero-order valence-corrected chi connectivity index (χ0v) is 30.5. The summed E-state index contributed by atoms with van der Waals surface area (Å²) >= 11 is 0. The third-order valence-corrected chi connectivity index (χ3v) is 9.24. The first-order valence-corrected chi connectivity index (χ1v) is 18.2. The van der Waals surface area contributed by atoms with Crippen molar-refractivity contribution >= 4 is 11.8 Å². The van der Waals surface area contributed by atoms with Gasteiger partial charge in [0.15, 0.2) is 0 Å². The number of amides is 1. The summed E-state index contributed by atoms with van der Waals surface area (Å²) in [5.74, 6) is 1.68. The lowest BCUT2D eigenvalue weighted by Gasteiger charge is -2.40. The molecule has 3 atom stereocenters. The van der Waals surface area contributed by atoms with Crippen LogP contribution in [0.15, 0.2) is 71.8 Å². The van der Waals surface area contributed by atoms with Crippen molar-refractivity contribution in [1.82, 2.24) is 4.90 Å². The van der Waals surface area contributed by atoms with Crippen molar-refractivity contribution in [3.05, 3.63) is 99.4 Å². The Morgan fingerprint density at radius 1 is 1.08 bits per heavy atom. The van der Waals surface area contributed by atoms with Gasteiger partial charge in [-0.25, -0.2) is 4.79 Å². The van der Waals surface area contributed by atoms with E-state index < -0.39 is 5.60 Å². The highest BCUT2D eigenvalue weighted by Gasteiger charge is 2.37. The average Bonchev–Trinajstić information content (AvgIpc) is 3.13. The number of fused-ring (bicyclic) bond motifs is 1. The highest BCUT2D eigenvalue weighted by molar-refractivity contribution is 5.68. The Morgan fingerprint density at radius 2 is 1.90 bits per heavy atom. The van der Waals surface area contributed by atoms with Gasteiger partial charge in [-0.2, -0.15) is 0 Å². The molecule has 0 radical (unpaired) electrons. The molecule has 1 unspecified atom stereocenters. The molecule has 11 heteroatoms. The number of aryl methyl sites for hydroxylation is 1. The van der Waals surface area contributed by atoms with Crippen molar-refractivity contribution in [1.29, 1.82) is 0 Å². The lowest BCUT2D eigenvalue weighted by Crippen LogP contribution is -2.48. The topological polar surface area (TPSA) is 127 Å². The minimum atomic E-state index is -0.596. The summed E-state index contributed by atoms with van der Waals surface area (Å²) < 4.78 is 30.1. The molecule has 3 aromatic carbocycles. The summed E-state index contributed by atoms with van der Waals surface area (Å²) in [6.45, 7) is 9.58. The first-order chi connectivity index (χ1) is 24.7. The zero-order valence-electron chi connectivity index (χ0n) is 30.5. The Labute approximate surface area is 302 Å². The van der Waals surface area contributed by atoms with E-state index in [9.17, 15) is 4.79 Å². The molecule has 2 aliphatic rings. The molecule has 11 nitrogen and oxygen atoms in total. The van der Waals surface area contributed by atoms with Crippen molar-refractivity contribution in [3.63, 3.8) is 0 Å². The number of ether oxygens (including phenoxy) is 5. The number of azide groups is 1. The van der Waals surface area contributed by atoms with Crippen molar-refractivity contribution in [2.45, 2.75) is 89.6 Å². The number of rotatable bonds is 16. The van der Waals surface area contributed by atoms with E-state index in [1.54, 1.807) is 12.0 Å². The Morgan fingerprint density at radius 3 is 2.69 bits per heavy atom. The predicted molar refractivity (Wildman–Crippen MR) is 198 cm³/mol. The van der Waals surface area contributed by atoms with Gasteiger partial charge < -0.3 is 33.9 Å². The van der Waals surface area contributed by atoms with Crippen LogP contribution in [0.2, 0.25) is 0 Å². The van der Waals surface area contributed by atoms with Crippen molar-refractivity contribution < 1.29 is 28.5 Å². The van der Waals surface area contributed by atoms with Crippen molar-refractivity contribution in [2.75, 3.05) is 51.8 Å². The quantitative estimate of drug-likeness (QED) is 0.0684. The molecule has 5 rings (SSSR count). The van der Waals surface area contributed by atoms with Gasteiger partial charge in [-0.15, -0.1) is 0 Å². The molecule has 0 aliphatic carbocycles. The average molecular weight is 700 g/mol. The smallest absolute Gasteiger partial charge is 0.410 e. The molecule has 51 heavy (non-hydrogen) atoms. The van der Waals surface area contributed by atoms with Crippen molar-refractivity contribution in [3.8, 4) is 11.5 Å². The molecule has 1 saturated heterocycles. The van der Waals surface area contributed by atoms with Crippen LogP contribution in [0.3, 0.4) is 0 Å². The normalized spacial score (nSPS) is 17.8. The summed E-state index contributed by atoms with van der Waals surface area (Å²) in [6.07, 6.45) is 4.16. The maximum Gasteiger partial charge on any atom is 0.410 e. The van der Waals surface area contributed by atoms with E-state index in [1.807, 2.05) is 57.2 Å².